The van der Waals surface area contributed by atoms with Crippen molar-refractivity contribution in [3.63, 3.8) is 0 Å². The summed E-state index contributed by atoms with van der Waals surface area (Å²) >= 11 is 1.35. The van der Waals surface area contributed by atoms with E-state index in [1.165, 1.54) is 17.8 Å². The van der Waals surface area contributed by atoms with E-state index in [0.29, 0.717) is 4.90 Å². The lowest BCUT2D eigenvalue weighted by Gasteiger charge is -2.04. The maximum atomic E-state index is 13.1. The normalized spacial score (nSPS) is 10.2. The molecule has 0 spiro atoms. The van der Waals surface area contributed by atoms with Gasteiger partial charge in [-0.05, 0) is 24.3 Å². The monoisotopic (exact) mass is 220 g/mol. The van der Waals surface area contributed by atoms with Crippen LogP contribution in [0, 0.1) is 5.82 Å². The highest BCUT2D eigenvalue weighted by atomic mass is 32.2. The summed E-state index contributed by atoms with van der Waals surface area (Å²) in [7, 11) is 0. The third-order valence-corrected chi connectivity index (χ3v) is 2.89. The molecule has 0 aliphatic rings. The molecule has 0 saturated carbocycles. The lowest BCUT2D eigenvalue weighted by Crippen LogP contribution is -1.92. The van der Waals surface area contributed by atoms with Gasteiger partial charge in [0.1, 0.15) is 10.8 Å². The number of hydrogen-bond donors (Lipinski definition) is 1. The van der Waals surface area contributed by atoms with Gasteiger partial charge in [0.15, 0.2) is 0 Å². The third-order valence-electron chi connectivity index (χ3n) is 1.87. The molecule has 0 bridgehead atoms. The maximum Gasteiger partial charge on any atom is 0.147 e. The molecule has 0 atom stereocenters. The average Bonchev–Trinajstić information content (AvgIpc) is 2.26. The smallest absolute Gasteiger partial charge is 0.147 e. The first kappa shape index (κ1) is 9.98. The van der Waals surface area contributed by atoms with E-state index in [1.54, 1.807) is 18.3 Å². The van der Waals surface area contributed by atoms with E-state index < -0.39 is 5.82 Å². The Labute approximate surface area is 91.3 Å². The highest BCUT2D eigenvalue weighted by Gasteiger charge is 2.05. The summed E-state index contributed by atoms with van der Waals surface area (Å²) in [6.07, 6.45) is 1.69. The molecule has 15 heavy (non-hydrogen) atoms. The van der Waals surface area contributed by atoms with Crippen LogP contribution in [0.3, 0.4) is 0 Å². The van der Waals surface area contributed by atoms with Crippen molar-refractivity contribution < 1.29 is 4.39 Å². The minimum absolute atomic E-state index is 0.174. The molecule has 1 aromatic carbocycles. The zero-order valence-corrected chi connectivity index (χ0v) is 8.67. The molecule has 2 nitrogen and oxygen atoms in total. The number of hydrogen-bond acceptors (Lipinski definition) is 3. The number of anilines is 1. The Hall–Kier alpha value is -1.55. The third kappa shape index (κ3) is 2.27. The molecule has 0 aliphatic carbocycles. The molecule has 0 radical (unpaired) electrons. The van der Waals surface area contributed by atoms with E-state index in [0.717, 1.165) is 5.03 Å². The highest BCUT2D eigenvalue weighted by molar-refractivity contribution is 7.99. The van der Waals surface area contributed by atoms with Crippen molar-refractivity contribution in [2.24, 2.45) is 0 Å². The summed E-state index contributed by atoms with van der Waals surface area (Å²) in [5.41, 5.74) is 5.78. The van der Waals surface area contributed by atoms with Gasteiger partial charge >= 0.3 is 0 Å². The Kier molecular flexibility index (Phi) is 2.87. The molecule has 2 rings (SSSR count). The number of para-hydroxylation sites is 1. The van der Waals surface area contributed by atoms with E-state index in [1.807, 2.05) is 18.2 Å². The Bertz CT molecular complexity index is 459. The molecule has 2 N–H and O–H groups in total. The Balaban J connectivity index is 2.29. The summed E-state index contributed by atoms with van der Waals surface area (Å²) in [5, 5.41) is 0.801. The maximum absolute atomic E-state index is 13.1. The van der Waals surface area contributed by atoms with E-state index >= 15 is 0 Å². The van der Waals surface area contributed by atoms with Crippen LogP contribution < -0.4 is 5.73 Å². The SMILES string of the molecule is Nc1c(F)cccc1Sc1ccccn1. The van der Waals surface area contributed by atoms with Crippen LogP contribution >= 0.6 is 11.8 Å². The van der Waals surface area contributed by atoms with Crippen LogP contribution in [0.2, 0.25) is 0 Å². The van der Waals surface area contributed by atoms with Gasteiger partial charge in [-0.15, -0.1) is 0 Å². The number of pyridine rings is 1. The first-order valence-electron chi connectivity index (χ1n) is 4.40. The van der Waals surface area contributed by atoms with Crippen molar-refractivity contribution in [2.75, 3.05) is 5.73 Å². The average molecular weight is 220 g/mol. The van der Waals surface area contributed by atoms with Crippen LogP contribution in [0.25, 0.3) is 0 Å². The van der Waals surface area contributed by atoms with Gasteiger partial charge in [-0.2, -0.15) is 0 Å². The van der Waals surface area contributed by atoms with Gasteiger partial charge in [0, 0.05) is 11.1 Å². The fraction of sp³-hybridized carbons (Fsp3) is 0. The second-order valence-electron chi connectivity index (χ2n) is 2.92. The Morgan fingerprint density at radius 2 is 2.00 bits per heavy atom. The van der Waals surface area contributed by atoms with E-state index in [-0.39, 0.29) is 5.69 Å². The molecule has 4 heteroatoms. The van der Waals surface area contributed by atoms with Crippen LogP contribution in [-0.2, 0) is 0 Å². The topological polar surface area (TPSA) is 38.9 Å². The number of nitrogens with zero attached hydrogens (tertiary/aromatic N) is 1. The molecule has 1 aromatic heterocycles. The second-order valence-corrected chi connectivity index (χ2v) is 3.98. The standard InChI is InChI=1S/C11H9FN2S/c12-8-4-3-5-9(11(8)13)15-10-6-1-2-7-14-10/h1-7H,13H2. The van der Waals surface area contributed by atoms with E-state index in [4.69, 9.17) is 5.73 Å². The summed E-state index contributed by atoms with van der Waals surface area (Å²) in [6, 6.07) is 10.3. The van der Waals surface area contributed by atoms with Crippen molar-refractivity contribution in [3.05, 3.63) is 48.4 Å². The summed E-state index contributed by atoms with van der Waals surface area (Å²) in [4.78, 5) is 4.82. The molecule has 0 amide bonds. The van der Waals surface area contributed by atoms with Gasteiger partial charge in [-0.3, -0.25) is 0 Å². The van der Waals surface area contributed by atoms with Crippen LogP contribution in [0.5, 0.6) is 0 Å². The zero-order chi connectivity index (χ0) is 10.7. The number of halogens is 1. The fourth-order valence-corrected chi connectivity index (χ4v) is 1.97. The lowest BCUT2D eigenvalue weighted by atomic mass is 10.3. The van der Waals surface area contributed by atoms with Gasteiger partial charge in [0.05, 0.1) is 5.69 Å². The van der Waals surface area contributed by atoms with Crippen molar-refractivity contribution in [2.45, 2.75) is 9.92 Å². The number of nitrogen functional groups attached to an aromatic ring is 1. The van der Waals surface area contributed by atoms with Crippen molar-refractivity contribution in [3.8, 4) is 0 Å². The molecule has 0 saturated heterocycles. The number of aromatic nitrogens is 1. The molecule has 2 aromatic rings. The van der Waals surface area contributed by atoms with Crippen LogP contribution in [0.1, 0.15) is 0 Å². The van der Waals surface area contributed by atoms with Crippen LogP contribution in [0.15, 0.2) is 52.5 Å². The first-order valence-corrected chi connectivity index (χ1v) is 5.22. The van der Waals surface area contributed by atoms with Gasteiger partial charge in [-0.1, -0.05) is 23.9 Å². The number of nitrogens with two attached hydrogens (primary N) is 1. The highest BCUT2D eigenvalue weighted by Crippen LogP contribution is 2.31. The Morgan fingerprint density at radius 3 is 2.73 bits per heavy atom. The lowest BCUT2D eigenvalue weighted by molar-refractivity contribution is 0.629. The van der Waals surface area contributed by atoms with E-state index in [9.17, 15) is 4.39 Å². The minimum Gasteiger partial charge on any atom is -0.395 e. The summed E-state index contributed by atoms with van der Waals surface area (Å²) in [6.45, 7) is 0. The molecule has 1 heterocycles. The van der Waals surface area contributed by atoms with Gasteiger partial charge < -0.3 is 5.73 Å². The van der Waals surface area contributed by atoms with E-state index in [2.05, 4.69) is 4.98 Å². The van der Waals surface area contributed by atoms with Crippen LogP contribution in [0.4, 0.5) is 10.1 Å². The van der Waals surface area contributed by atoms with Crippen LogP contribution in [-0.4, -0.2) is 4.98 Å². The molecule has 0 unspecified atom stereocenters. The van der Waals surface area contributed by atoms with Gasteiger partial charge in [0.2, 0.25) is 0 Å². The number of benzene rings is 1. The molecular weight excluding hydrogens is 211 g/mol. The first-order chi connectivity index (χ1) is 7.27. The number of rotatable bonds is 2. The van der Waals surface area contributed by atoms with Crippen molar-refractivity contribution in [1.82, 2.24) is 4.98 Å². The Morgan fingerprint density at radius 1 is 1.13 bits per heavy atom. The summed E-state index contributed by atoms with van der Waals surface area (Å²) in [5.74, 6) is -0.393. The predicted octanol–water partition coefficient (Wildman–Crippen LogP) is 2.95. The zero-order valence-electron chi connectivity index (χ0n) is 7.85. The van der Waals surface area contributed by atoms with Gasteiger partial charge in [-0.25, -0.2) is 9.37 Å². The molecular formula is C11H9FN2S. The van der Waals surface area contributed by atoms with Crippen molar-refractivity contribution >= 4 is 17.4 Å². The predicted molar refractivity (Wildman–Crippen MR) is 59.2 cm³/mol. The quantitative estimate of drug-likeness (QED) is 0.791. The summed E-state index contributed by atoms with van der Waals surface area (Å²) < 4.78 is 13.1. The molecule has 0 aliphatic heterocycles. The fourth-order valence-electron chi connectivity index (χ4n) is 1.13. The molecule has 0 fully saturated rings. The second kappa shape index (κ2) is 4.31. The van der Waals surface area contributed by atoms with Crippen molar-refractivity contribution in [1.29, 1.82) is 0 Å². The largest absolute Gasteiger partial charge is 0.395 e. The molecule has 76 valence electrons. The van der Waals surface area contributed by atoms with Gasteiger partial charge in [0.25, 0.3) is 0 Å². The minimum atomic E-state index is -0.393.